The summed E-state index contributed by atoms with van der Waals surface area (Å²) >= 11 is 0. The Morgan fingerprint density at radius 2 is 1.96 bits per heavy atom. The van der Waals surface area contributed by atoms with Crippen LogP contribution in [0.15, 0.2) is 18.2 Å². The van der Waals surface area contributed by atoms with Gasteiger partial charge < -0.3 is 14.5 Å². The lowest BCUT2D eigenvalue weighted by Gasteiger charge is -2.40. The molecule has 2 heterocycles. The van der Waals surface area contributed by atoms with Crippen LogP contribution >= 0.6 is 0 Å². The van der Waals surface area contributed by atoms with Gasteiger partial charge in [-0.25, -0.2) is 4.79 Å². The highest BCUT2D eigenvalue weighted by atomic mass is 16.5. The van der Waals surface area contributed by atoms with E-state index in [9.17, 15) is 9.59 Å². The summed E-state index contributed by atoms with van der Waals surface area (Å²) in [4.78, 5) is 28.5. The topological polar surface area (TPSA) is 49.9 Å². The zero-order chi connectivity index (χ0) is 16.6. The third-order valence-electron chi connectivity index (χ3n) is 4.81. The maximum atomic E-state index is 12.8. The molecule has 0 aromatic heterocycles. The van der Waals surface area contributed by atoms with Gasteiger partial charge in [-0.3, -0.25) is 4.79 Å². The van der Waals surface area contributed by atoms with Gasteiger partial charge in [-0.2, -0.15) is 0 Å². The average molecular weight is 316 g/mol. The van der Waals surface area contributed by atoms with Gasteiger partial charge in [0.15, 0.2) is 5.75 Å². The highest BCUT2D eigenvalue weighted by Gasteiger charge is 2.32. The molecule has 2 unspecified atom stereocenters. The number of carbonyl (C=O) groups excluding carboxylic acids is 2. The van der Waals surface area contributed by atoms with Gasteiger partial charge in [0, 0.05) is 12.1 Å². The summed E-state index contributed by atoms with van der Waals surface area (Å²) in [7, 11) is 0. The quantitative estimate of drug-likeness (QED) is 0.621. The first-order chi connectivity index (χ1) is 11.0. The smallest absolute Gasteiger partial charge is 0.331 e. The van der Waals surface area contributed by atoms with Crippen LogP contribution in [-0.4, -0.2) is 41.9 Å². The first-order valence-electron chi connectivity index (χ1n) is 8.33. The van der Waals surface area contributed by atoms with Gasteiger partial charge in [0.1, 0.15) is 6.54 Å². The fourth-order valence-electron chi connectivity index (χ4n) is 3.66. The van der Waals surface area contributed by atoms with Crippen LogP contribution in [0.5, 0.6) is 5.75 Å². The van der Waals surface area contributed by atoms with Crippen molar-refractivity contribution in [3.05, 3.63) is 23.8 Å². The normalized spacial score (nSPS) is 24.2. The molecule has 124 valence electrons. The average Bonchev–Trinajstić information content (AvgIpc) is 2.46. The molecule has 0 saturated carbocycles. The number of piperidine rings is 1. The number of fused-ring (bicyclic) bond motifs is 1. The van der Waals surface area contributed by atoms with Crippen molar-refractivity contribution in [2.24, 2.45) is 0 Å². The number of carbonyl (C=O) groups is 2. The van der Waals surface area contributed by atoms with Crippen molar-refractivity contribution in [3.8, 4) is 5.75 Å². The first-order valence-corrected chi connectivity index (χ1v) is 8.33. The largest absolute Gasteiger partial charge is 0.423 e. The molecule has 3 rings (SSSR count). The minimum atomic E-state index is -0.310. The van der Waals surface area contributed by atoms with E-state index in [-0.39, 0.29) is 37.0 Å². The molecule has 1 saturated heterocycles. The number of esters is 1. The molecule has 1 fully saturated rings. The zero-order valence-electron chi connectivity index (χ0n) is 14.0. The van der Waals surface area contributed by atoms with E-state index in [2.05, 4.69) is 13.8 Å². The molecule has 1 aromatic carbocycles. The number of rotatable bonds is 2. The van der Waals surface area contributed by atoms with Crippen molar-refractivity contribution in [2.45, 2.75) is 52.1 Å². The van der Waals surface area contributed by atoms with E-state index in [1.165, 1.54) is 6.42 Å². The maximum Gasteiger partial charge on any atom is 0.331 e. The fourth-order valence-corrected chi connectivity index (χ4v) is 3.66. The number of aryl methyl sites for hydroxylation is 1. The summed E-state index contributed by atoms with van der Waals surface area (Å²) in [5, 5.41) is 0. The second kappa shape index (κ2) is 6.22. The molecule has 0 bridgehead atoms. The van der Waals surface area contributed by atoms with Crippen molar-refractivity contribution in [1.29, 1.82) is 0 Å². The van der Waals surface area contributed by atoms with E-state index in [0.29, 0.717) is 5.75 Å². The molecule has 5 heteroatoms. The van der Waals surface area contributed by atoms with Gasteiger partial charge in [0.2, 0.25) is 5.91 Å². The Hall–Kier alpha value is -2.04. The minimum absolute atomic E-state index is 0.0888. The number of benzene rings is 1. The van der Waals surface area contributed by atoms with Crippen LogP contribution < -0.4 is 9.64 Å². The van der Waals surface area contributed by atoms with Crippen molar-refractivity contribution in [1.82, 2.24) is 4.90 Å². The molecule has 2 atom stereocenters. The molecule has 0 spiro atoms. The SMILES string of the molecule is Cc1ccc2c(c1)OC(=O)CN2CC(=O)N1C(C)CCCC1C. The summed E-state index contributed by atoms with van der Waals surface area (Å²) in [6.07, 6.45) is 3.27. The molecule has 23 heavy (non-hydrogen) atoms. The number of ether oxygens (including phenoxy) is 1. The van der Waals surface area contributed by atoms with Crippen LogP contribution in [0.3, 0.4) is 0 Å². The van der Waals surface area contributed by atoms with Crippen molar-refractivity contribution in [2.75, 3.05) is 18.0 Å². The molecule has 1 aromatic rings. The summed E-state index contributed by atoms with van der Waals surface area (Å²) < 4.78 is 5.31. The number of hydrogen-bond acceptors (Lipinski definition) is 4. The van der Waals surface area contributed by atoms with Crippen LogP contribution in [0.25, 0.3) is 0 Å². The lowest BCUT2D eigenvalue weighted by Crippen LogP contribution is -2.52. The second-order valence-electron chi connectivity index (χ2n) is 6.73. The van der Waals surface area contributed by atoms with Crippen molar-refractivity contribution < 1.29 is 14.3 Å². The van der Waals surface area contributed by atoms with Gasteiger partial charge in [-0.1, -0.05) is 6.07 Å². The first kappa shape index (κ1) is 15.8. The number of anilines is 1. The monoisotopic (exact) mass is 316 g/mol. The van der Waals surface area contributed by atoms with E-state index in [1.54, 1.807) is 0 Å². The molecule has 2 aliphatic rings. The number of nitrogens with zero attached hydrogens (tertiary/aromatic N) is 2. The van der Waals surface area contributed by atoms with Crippen molar-refractivity contribution >= 4 is 17.6 Å². The molecule has 0 aliphatic carbocycles. The predicted octanol–water partition coefficient (Wildman–Crippen LogP) is 2.51. The second-order valence-corrected chi connectivity index (χ2v) is 6.73. The van der Waals surface area contributed by atoms with Gasteiger partial charge in [-0.15, -0.1) is 0 Å². The molecular formula is C18H24N2O3. The van der Waals surface area contributed by atoms with Gasteiger partial charge in [-0.05, 0) is 57.7 Å². The van der Waals surface area contributed by atoms with Crippen LogP contribution in [0, 0.1) is 6.92 Å². The Balaban J connectivity index is 1.80. The fraction of sp³-hybridized carbons (Fsp3) is 0.556. The Labute approximate surface area is 137 Å². The third-order valence-corrected chi connectivity index (χ3v) is 4.81. The van der Waals surface area contributed by atoms with E-state index >= 15 is 0 Å². The summed E-state index contributed by atoms with van der Waals surface area (Å²) in [6.45, 7) is 6.51. The Kier molecular flexibility index (Phi) is 4.28. The summed E-state index contributed by atoms with van der Waals surface area (Å²) in [5.74, 6) is 0.329. The van der Waals surface area contributed by atoms with E-state index < -0.39 is 0 Å². The number of likely N-dealkylation sites (tertiary alicyclic amines) is 1. The molecule has 1 amide bonds. The van der Waals surface area contributed by atoms with Crippen LogP contribution in [0.4, 0.5) is 5.69 Å². The van der Waals surface area contributed by atoms with E-state index in [4.69, 9.17) is 4.74 Å². The van der Waals surface area contributed by atoms with Crippen LogP contribution in [-0.2, 0) is 9.59 Å². The third kappa shape index (κ3) is 3.19. The standard InChI is InChI=1S/C18H24N2O3/c1-12-7-8-15-16(9-12)23-18(22)11-19(15)10-17(21)20-13(2)5-4-6-14(20)3/h7-9,13-14H,4-6,10-11H2,1-3H3. The lowest BCUT2D eigenvalue weighted by atomic mass is 9.97. The van der Waals surface area contributed by atoms with Crippen LogP contribution in [0.1, 0.15) is 38.7 Å². The zero-order valence-corrected chi connectivity index (χ0v) is 14.0. The Bertz CT molecular complexity index is 619. The molecule has 2 aliphatic heterocycles. The lowest BCUT2D eigenvalue weighted by molar-refractivity contribution is -0.136. The Morgan fingerprint density at radius 1 is 1.26 bits per heavy atom. The maximum absolute atomic E-state index is 12.8. The highest BCUT2D eigenvalue weighted by molar-refractivity contribution is 5.89. The molecule has 0 radical (unpaired) electrons. The molecular weight excluding hydrogens is 292 g/mol. The number of amides is 1. The Morgan fingerprint density at radius 3 is 2.65 bits per heavy atom. The highest BCUT2D eigenvalue weighted by Crippen LogP contribution is 2.33. The van der Waals surface area contributed by atoms with E-state index in [1.807, 2.05) is 34.9 Å². The minimum Gasteiger partial charge on any atom is -0.423 e. The molecule has 5 nitrogen and oxygen atoms in total. The van der Waals surface area contributed by atoms with Crippen molar-refractivity contribution in [3.63, 3.8) is 0 Å². The van der Waals surface area contributed by atoms with Gasteiger partial charge >= 0.3 is 5.97 Å². The van der Waals surface area contributed by atoms with E-state index in [0.717, 1.165) is 24.1 Å². The summed E-state index contributed by atoms with van der Waals surface area (Å²) in [5.41, 5.74) is 1.85. The van der Waals surface area contributed by atoms with Crippen LogP contribution in [0.2, 0.25) is 0 Å². The van der Waals surface area contributed by atoms with Gasteiger partial charge in [0.05, 0.1) is 12.2 Å². The van der Waals surface area contributed by atoms with Gasteiger partial charge in [0.25, 0.3) is 0 Å². The predicted molar refractivity (Wildman–Crippen MR) is 88.6 cm³/mol. The number of hydrogen-bond donors (Lipinski definition) is 0. The molecule has 0 N–H and O–H groups in total. The summed E-state index contributed by atoms with van der Waals surface area (Å²) in [6, 6.07) is 6.27.